The fourth-order valence-electron chi connectivity index (χ4n) is 3.01. The first-order valence-corrected chi connectivity index (χ1v) is 9.18. The van der Waals surface area contributed by atoms with Crippen LogP contribution in [0.25, 0.3) is 0 Å². The molecule has 0 spiro atoms. The Morgan fingerprint density at radius 3 is 2.63 bits per heavy atom. The molecule has 1 fully saturated rings. The van der Waals surface area contributed by atoms with Crippen LogP contribution >= 0.6 is 11.6 Å². The third-order valence-electron chi connectivity index (χ3n) is 4.46. The van der Waals surface area contributed by atoms with Gasteiger partial charge in [-0.25, -0.2) is 4.98 Å². The molecule has 4 nitrogen and oxygen atoms in total. The van der Waals surface area contributed by atoms with Gasteiger partial charge in [-0.3, -0.25) is 4.90 Å². The number of nitrogens with zero attached hydrogens (tertiary/aromatic N) is 3. The van der Waals surface area contributed by atoms with E-state index in [-0.39, 0.29) is 0 Å². The third-order valence-corrected chi connectivity index (χ3v) is 4.70. The average Bonchev–Trinajstić information content (AvgIpc) is 2.87. The van der Waals surface area contributed by atoms with Crippen molar-refractivity contribution in [3.8, 4) is 5.75 Å². The fraction of sp³-hybridized carbons (Fsp3) is 0.421. The number of pyridine rings is 1. The van der Waals surface area contributed by atoms with Gasteiger partial charge in [0.1, 0.15) is 18.2 Å². The molecule has 0 radical (unpaired) electrons. The van der Waals surface area contributed by atoms with Crippen LogP contribution in [0.2, 0.25) is 5.02 Å². The lowest BCUT2D eigenvalue weighted by Gasteiger charge is -2.23. The summed E-state index contributed by atoms with van der Waals surface area (Å²) in [4.78, 5) is 8.31. The minimum atomic E-state index is -4.36. The molecule has 27 heavy (non-hydrogen) atoms. The van der Waals surface area contributed by atoms with Gasteiger partial charge in [-0.2, -0.15) is 13.2 Å². The topological polar surface area (TPSA) is 28.6 Å². The van der Waals surface area contributed by atoms with E-state index in [4.69, 9.17) is 16.3 Å². The molecule has 1 aliphatic heterocycles. The lowest BCUT2D eigenvalue weighted by atomic mass is 10.2. The fourth-order valence-corrected chi connectivity index (χ4v) is 3.19. The van der Waals surface area contributed by atoms with Crippen LogP contribution in [0.4, 0.5) is 19.0 Å². The number of ether oxygens (including phenoxy) is 1. The molecule has 1 aliphatic rings. The van der Waals surface area contributed by atoms with Crippen molar-refractivity contribution in [1.29, 1.82) is 0 Å². The molecule has 3 rings (SSSR count). The Morgan fingerprint density at radius 1 is 1.07 bits per heavy atom. The molecule has 0 saturated carbocycles. The van der Waals surface area contributed by atoms with Gasteiger partial charge in [0, 0.05) is 43.9 Å². The summed E-state index contributed by atoms with van der Waals surface area (Å²) < 4.78 is 43.7. The van der Waals surface area contributed by atoms with Crippen LogP contribution in [0.1, 0.15) is 12.0 Å². The molecule has 0 N–H and O–H groups in total. The van der Waals surface area contributed by atoms with E-state index in [1.807, 2.05) is 17.0 Å². The van der Waals surface area contributed by atoms with Crippen LogP contribution < -0.4 is 9.64 Å². The molecule has 2 heterocycles. The summed E-state index contributed by atoms with van der Waals surface area (Å²) in [5, 5.41) is 0.641. The summed E-state index contributed by atoms with van der Waals surface area (Å²) in [6, 6.07) is 9.82. The van der Waals surface area contributed by atoms with Gasteiger partial charge in [-0.1, -0.05) is 17.7 Å². The highest BCUT2D eigenvalue weighted by Crippen LogP contribution is 2.29. The second-order valence-corrected chi connectivity index (χ2v) is 6.83. The Balaban J connectivity index is 1.48. The Labute approximate surface area is 161 Å². The lowest BCUT2D eigenvalue weighted by molar-refractivity contribution is -0.137. The first-order chi connectivity index (χ1) is 12.9. The Hall–Kier alpha value is -1.99. The molecule has 0 bridgehead atoms. The zero-order chi connectivity index (χ0) is 19.3. The van der Waals surface area contributed by atoms with Crippen molar-refractivity contribution in [3.63, 3.8) is 0 Å². The summed E-state index contributed by atoms with van der Waals surface area (Å²) in [6.07, 6.45) is -2.54. The van der Waals surface area contributed by atoms with Gasteiger partial charge < -0.3 is 9.64 Å². The second kappa shape index (κ2) is 8.80. The molecule has 0 atom stereocenters. The monoisotopic (exact) mass is 399 g/mol. The maximum Gasteiger partial charge on any atom is 0.417 e. The van der Waals surface area contributed by atoms with E-state index in [0.717, 1.165) is 57.2 Å². The van der Waals surface area contributed by atoms with Gasteiger partial charge in [-0.05, 0) is 36.8 Å². The smallest absolute Gasteiger partial charge is 0.417 e. The number of rotatable bonds is 5. The first kappa shape index (κ1) is 19.8. The zero-order valence-corrected chi connectivity index (χ0v) is 15.5. The Bertz CT molecular complexity index is 740. The molecule has 1 aromatic carbocycles. The second-order valence-electron chi connectivity index (χ2n) is 6.39. The maximum atomic E-state index is 12.7. The van der Waals surface area contributed by atoms with Gasteiger partial charge >= 0.3 is 6.18 Å². The minimum absolute atomic E-state index is 0.554. The van der Waals surface area contributed by atoms with Crippen molar-refractivity contribution in [2.24, 2.45) is 0 Å². The summed E-state index contributed by atoms with van der Waals surface area (Å²) in [5.41, 5.74) is -0.721. The van der Waals surface area contributed by atoms with E-state index in [2.05, 4.69) is 9.88 Å². The van der Waals surface area contributed by atoms with Crippen LogP contribution in [0.15, 0.2) is 42.6 Å². The number of anilines is 1. The van der Waals surface area contributed by atoms with E-state index < -0.39 is 11.7 Å². The third kappa shape index (κ3) is 5.74. The van der Waals surface area contributed by atoms with Gasteiger partial charge in [0.25, 0.3) is 0 Å². The number of halogens is 4. The van der Waals surface area contributed by atoms with Gasteiger partial charge in [-0.15, -0.1) is 0 Å². The van der Waals surface area contributed by atoms with E-state index in [1.54, 1.807) is 12.1 Å². The van der Waals surface area contributed by atoms with E-state index >= 15 is 0 Å². The molecule has 0 aliphatic carbocycles. The lowest BCUT2D eigenvalue weighted by Crippen LogP contribution is -2.33. The molecule has 1 saturated heterocycles. The largest absolute Gasteiger partial charge is 0.492 e. The van der Waals surface area contributed by atoms with Crippen molar-refractivity contribution >= 4 is 17.4 Å². The SMILES string of the molecule is FC(F)(F)c1ccc(N2CCCN(CCOc3cccc(Cl)c3)CC2)nc1. The zero-order valence-electron chi connectivity index (χ0n) is 14.8. The predicted molar refractivity (Wildman–Crippen MR) is 99.5 cm³/mol. The minimum Gasteiger partial charge on any atom is -0.492 e. The van der Waals surface area contributed by atoms with Crippen LogP contribution in [-0.4, -0.2) is 49.2 Å². The number of hydrogen-bond donors (Lipinski definition) is 0. The molecular weight excluding hydrogens is 379 g/mol. The van der Waals surface area contributed by atoms with E-state index in [0.29, 0.717) is 17.4 Å². The highest BCUT2D eigenvalue weighted by Gasteiger charge is 2.31. The molecule has 0 unspecified atom stereocenters. The normalized spacial score (nSPS) is 16.2. The summed E-state index contributed by atoms with van der Waals surface area (Å²) >= 11 is 5.94. The molecular formula is C19H21ClF3N3O. The Morgan fingerprint density at radius 2 is 1.93 bits per heavy atom. The number of alkyl halides is 3. The van der Waals surface area contributed by atoms with Crippen LogP contribution in [0.5, 0.6) is 5.75 Å². The molecule has 8 heteroatoms. The number of aromatic nitrogens is 1. The van der Waals surface area contributed by atoms with Crippen molar-refractivity contribution in [2.45, 2.75) is 12.6 Å². The molecule has 146 valence electrons. The molecule has 1 aromatic heterocycles. The van der Waals surface area contributed by atoms with Gasteiger partial charge in [0.05, 0.1) is 5.56 Å². The molecule has 0 amide bonds. The standard InChI is InChI=1S/C19H21ClF3N3O/c20-16-3-1-4-17(13-16)27-12-11-25-7-2-8-26(10-9-25)18-6-5-15(14-24-18)19(21,22)23/h1,3-6,13-14H,2,7-12H2. The highest BCUT2D eigenvalue weighted by molar-refractivity contribution is 6.30. The van der Waals surface area contributed by atoms with Crippen molar-refractivity contribution < 1.29 is 17.9 Å². The van der Waals surface area contributed by atoms with E-state index in [1.165, 1.54) is 6.07 Å². The summed E-state index contributed by atoms with van der Waals surface area (Å²) in [6.45, 7) is 4.54. The quantitative estimate of drug-likeness (QED) is 0.747. The predicted octanol–water partition coefficient (Wildman–Crippen LogP) is 4.34. The van der Waals surface area contributed by atoms with Gasteiger partial charge in [0.2, 0.25) is 0 Å². The van der Waals surface area contributed by atoms with Crippen molar-refractivity contribution in [3.05, 3.63) is 53.2 Å². The summed E-state index contributed by atoms with van der Waals surface area (Å²) in [5.74, 6) is 1.33. The number of benzene rings is 1. The number of hydrogen-bond acceptors (Lipinski definition) is 4. The van der Waals surface area contributed by atoms with Crippen LogP contribution in [-0.2, 0) is 6.18 Å². The van der Waals surface area contributed by atoms with E-state index in [9.17, 15) is 13.2 Å². The molecule has 2 aromatic rings. The van der Waals surface area contributed by atoms with Crippen LogP contribution in [0.3, 0.4) is 0 Å². The average molecular weight is 400 g/mol. The van der Waals surface area contributed by atoms with Crippen molar-refractivity contribution in [1.82, 2.24) is 9.88 Å². The summed E-state index contributed by atoms with van der Waals surface area (Å²) in [7, 11) is 0. The first-order valence-electron chi connectivity index (χ1n) is 8.81. The van der Waals surface area contributed by atoms with Crippen molar-refractivity contribution in [2.75, 3.05) is 44.2 Å². The van der Waals surface area contributed by atoms with Gasteiger partial charge in [0.15, 0.2) is 0 Å². The highest BCUT2D eigenvalue weighted by atomic mass is 35.5. The van der Waals surface area contributed by atoms with Crippen LogP contribution in [0, 0.1) is 0 Å². The maximum absolute atomic E-state index is 12.7. The Kier molecular flexibility index (Phi) is 6.44.